The summed E-state index contributed by atoms with van der Waals surface area (Å²) in [5, 5.41) is 10.2. The first kappa shape index (κ1) is 21.1. The van der Waals surface area contributed by atoms with Crippen molar-refractivity contribution in [1.29, 1.82) is 5.41 Å². The van der Waals surface area contributed by atoms with Crippen molar-refractivity contribution in [2.45, 2.75) is 18.2 Å². The number of hydrogen-bond donors (Lipinski definition) is 4. The summed E-state index contributed by atoms with van der Waals surface area (Å²) >= 11 is 0. The molecule has 0 aliphatic carbocycles. The van der Waals surface area contributed by atoms with Crippen LogP contribution in [0.5, 0.6) is 0 Å². The van der Waals surface area contributed by atoms with Crippen molar-refractivity contribution in [1.82, 2.24) is 0 Å². The van der Waals surface area contributed by atoms with Crippen molar-refractivity contribution in [3.63, 3.8) is 0 Å². The third-order valence-corrected chi connectivity index (χ3v) is 5.83. The summed E-state index contributed by atoms with van der Waals surface area (Å²) in [4.78, 5) is 12.5. The van der Waals surface area contributed by atoms with Crippen LogP contribution in [0.4, 0.5) is 11.4 Å². The van der Waals surface area contributed by atoms with Crippen LogP contribution in [0.3, 0.4) is 0 Å². The van der Waals surface area contributed by atoms with Gasteiger partial charge in [-0.3, -0.25) is 14.9 Å². The van der Waals surface area contributed by atoms with Gasteiger partial charge in [-0.2, -0.15) is 0 Å². The van der Waals surface area contributed by atoms with E-state index < -0.39 is 10.0 Å². The fraction of sp³-hybridized carbons (Fsp3) is 0.0909. The predicted octanol–water partition coefficient (Wildman–Crippen LogP) is 3.26. The van der Waals surface area contributed by atoms with E-state index in [9.17, 15) is 13.2 Å². The van der Waals surface area contributed by atoms with Gasteiger partial charge in [0.2, 0.25) is 5.91 Å². The lowest BCUT2D eigenvalue weighted by atomic mass is 10.1. The molecule has 0 aromatic heterocycles. The molecular formula is C22H22N4O3S. The lowest BCUT2D eigenvalue weighted by molar-refractivity contribution is -0.115. The Kier molecular flexibility index (Phi) is 6.17. The first-order valence-corrected chi connectivity index (χ1v) is 10.6. The van der Waals surface area contributed by atoms with E-state index in [1.54, 1.807) is 67.6 Å². The van der Waals surface area contributed by atoms with Crippen LogP contribution in [0.15, 0.2) is 77.7 Å². The number of rotatable bonds is 7. The number of nitrogen functional groups attached to an aromatic ring is 1. The minimum Gasteiger partial charge on any atom is -0.384 e. The Morgan fingerprint density at radius 1 is 1.00 bits per heavy atom. The number of para-hydroxylation sites is 1. The fourth-order valence-electron chi connectivity index (χ4n) is 2.81. The Labute approximate surface area is 175 Å². The predicted molar refractivity (Wildman–Crippen MR) is 118 cm³/mol. The second-order valence-electron chi connectivity index (χ2n) is 6.78. The van der Waals surface area contributed by atoms with E-state index in [1.165, 1.54) is 12.1 Å². The van der Waals surface area contributed by atoms with E-state index >= 15 is 0 Å². The molecule has 0 aliphatic heterocycles. The van der Waals surface area contributed by atoms with Crippen LogP contribution in [0.1, 0.15) is 16.7 Å². The van der Waals surface area contributed by atoms with Gasteiger partial charge in [0, 0.05) is 16.9 Å². The van der Waals surface area contributed by atoms with E-state index in [0.29, 0.717) is 16.9 Å². The maximum Gasteiger partial charge on any atom is 0.261 e. The Bertz CT molecular complexity index is 1170. The van der Waals surface area contributed by atoms with Crippen molar-refractivity contribution >= 4 is 33.1 Å². The van der Waals surface area contributed by atoms with Crippen molar-refractivity contribution in [2.75, 3.05) is 10.0 Å². The molecule has 0 radical (unpaired) electrons. The topological polar surface area (TPSA) is 125 Å². The number of carbonyl (C=O) groups is 1. The average molecular weight is 423 g/mol. The third kappa shape index (κ3) is 5.24. The standard InChI is InChI=1S/C22H22N4O3S/c1-15-7-12-19(30(28,29)26-18-5-3-2-4-6-18)14-20(15)25-21(27)13-16-8-10-17(11-9-16)22(23)24/h2-12,14,26H,13H2,1H3,(H3,23,24)(H,25,27). The summed E-state index contributed by atoms with van der Waals surface area (Å²) in [6.07, 6.45) is 0.108. The molecule has 1 amide bonds. The number of benzene rings is 3. The number of aryl methyl sites for hydroxylation is 1. The normalized spacial score (nSPS) is 11.0. The first-order chi connectivity index (χ1) is 14.2. The SMILES string of the molecule is Cc1ccc(S(=O)(=O)Nc2ccccc2)cc1NC(=O)Cc1ccc(C(=N)N)cc1. The molecule has 0 unspecified atom stereocenters. The van der Waals surface area contributed by atoms with Crippen molar-refractivity contribution in [3.8, 4) is 0 Å². The van der Waals surface area contributed by atoms with Gasteiger partial charge in [0.25, 0.3) is 10.0 Å². The summed E-state index contributed by atoms with van der Waals surface area (Å²) in [7, 11) is -3.79. The van der Waals surface area contributed by atoms with Crippen LogP contribution < -0.4 is 15.8 Å². The Hall–Kier alpha value is -3.65. The number of anilines is 2. The second kappa shape index (κ2) is 8.79. The number of carbonyl (C=O) groups excluding carboxylic acids is 1. The molecule has 3 aromatic rings. The number of nitrogens with two attached hydrogens (primary N) is 1. The van der Waals surface area contributed by atoms with Gasteiger partial charge in [0.1, 0.15) is 5.84 Å². The minimum atomic E-state index is -3.79. The summed E-state index contributed by atoms with van der Waals surface area (Å²) in [6.45, 7) is 1.79. The van der Waals surface area contributed by atoms with Gasteiger partial charge in [-0.1, -0.05) is 48.5 Å². The fourth-order valence-corrected chi connectivity index (χ4v) is 3.89. The van der Waals surface area contributed by atoms with Crippen LogP contribution in [0.25, 0.3) is 0 Å². The minimum absolute atomic E-state index is 0.0382. The van der Waals surface area contributed by atoms with Gasteiger partial charge in [-0.05, 0) is 42.3 Å². The lowest BCUT2D eigenvalue weighted by Crippen LogP contribution is -2.17. The molecule has 7 nitrogen and oxygen atoms in total. The zero-order valence-corrected chi connectivity index (χ0v) is 17.2. The van der Waals surface area contributed by atoms with E-state index in [1.807, 2.05) is 0 Å². The number of hydrogen-bond acceptors (Lipinski definition) is 4. The summed E-state index contributed by atoms with van der Waals surface area (Å²) in [6, 6.07) is 20.0. The molecule has 0 saturated heterocycles. The van der Waals surface area contributed by atoms with Crippen LogP contribution in [0.2, 0.25) is 0 Å². The van der Waals surface area contributed by atoms with E-state index in [2.05, 4.69) is 10.0 Å². The Balaban J connectivity index is 1.74. The molecule has 5 N–H and O–H groups in total. The molecule has 8 heteroatoms. The van der Waals surface area contributed by atoms with E-state index in [-0.39, 0.29) is 23.1 Å². The van der Waals surface area contributed by atoms with Crippen molar-refractivity contribution in [3.05, 3.63) is 89.5 Å². The largest absolute Gasteiger partial charge is 0.384 e. The maximum absolute atomic E-state index is 12.7. The van der Waals surface area contributed by atoms with E-state index in [4.69, 9.17) is 11.1 Å². The smallest absolute Gasteiger partial charge is 0.261 e. The van der Waals surface area contributed by atoms with E-state index in [0.717, 1.165) is 11.1 Å². The molecule has 0 spiro atoms. The summed E-state index contributed by atoms with van der Waals surface area (Å²) in [5.41, 5.74) is 8.40. The highest BCUT2D eigenvalue weighted by atomic mass is 32.2. The molecule has 0 bridgehead atoms. The van der Waals surface area contributed by atoms with Gasteiger partial charge in [0.15, 0.2) is 0 Å². The van der Waals surface area contributed by atoms with Crippen LogP contribution in [0, 0.1) is 12.3 Å². The maximum atomic E-state index is 12.7. The highest BCUT2D eigenvalue weighted by molar-refractivity contribution is 7.92. The molecule has 0 saturated carbocycles. The Morgan fingerprint density at radius 3 is 2.30 bits per heavy atom. The highest BCUT2D eigenvalue weighted by Gasteiger charge is 2.16. The highest BCUT2D eigenvalue weighted by Crippen LogP contribution is 2.22. The molecule has 0 aliphatic rings. The molecule has 0 heterocycles. The van der Waals surface area contributed by atoms with Crippen molar-refractivity contribution in [2.24, 2.45) is 5.73 Å². The lowest BCUT2D eigenvalue weighted by Gasteiger charge is -2.12. The third-order valence-electron chi connectivity index (χ3n) is 4.45. The summed E-state index contributed by atoms with van der Waals surface area (Å²) < 4.78 is 27.9. The molecule has 3 aromatic carbocycles. The quantitative estimate of drug-likeness (QED) is 0.344. The van der Waals surface area contributed by atoms with Gasteiger partial charge >= 0.3 is 0 Å². The molecule has 154 valence electrons. The number of nitrogens with one attached hydrogen (secondary N) is 3. The summed E-state index contributed by atoms with van der Waals surface area (Å²) in [5.74, 6) is -0.317. The number of amides is 1. The van der Waals surface area contributed by atoms with Crippen LogP contribution >= 0.6 is 0 Å². The molecule has 3 rings (SSSR count). The monoisotopic (exact) mass is 422 g/mol. The van der Waals surface area contributed by atoms with Gasteiger partial charge < -0.3 is 11.1 Å². The van der Waals surface area contributed by atoms with Crippen LogP contribution in [-0.2, 0) is 21.2 Å². The van der Waals surface area contributed by atoms with Crippen LogP contribution in [-0.4, -0.2) is 20.2 Å². The second-order valence-corrected chi connectivity index (χ2v) is 8.47. The van der Waals surface area contributed by atoms with Gasteiger partial charge in [-0.15, -0.1) is 0 Å². The number of sulfonamides is 1. The number of amidine groups is 1. The zero-order chi connectivity index (χ0) is 21.7. The molecule has 0 atom stereocenters. The molecular weight excluding hydrogens is 400 g/mol. The van der Waals surface area contributed by atoms with Crippen molar-refractivity contribution < 1.29 is 13.2 Å². The first-order valence-electron chi connectivity index (χ1n) is 9.16. The zero-order valence-electron chi connectivity index (χ0n) is 16.3. The van der Waals surface area contributed by atoms with Gasteiger partial charge in [0.05, 0.1) is 11.3 Å². The molecule has 0 fully saturated rings. The Morgan fingerprint density at radius 2 is 1.67 bits per heavy atom. The molecule has 30 heavy (non-hydrogen) atoms. The van der Waals surface area contributed by atoms with Gasteiger partial charge in [-0.25, -0.2) is 8.42 Å². The average Bonchev–Trinajstić information content (AvgIpc) is 2.70.